The molecule has 0 saturated carbocycles. The maximum absolute atomic E-state index is 12.8. The monoisotopic (exact) mass is 395 g/mol. The van der Waals surface area contributed by atoms with E-state index in [-0.39, 0.29) is 5.91 Å². The molecule has 1 aromatic heterocycles. The molecule has 2 aliphatic rings. The molecule has 1 N–H and O–H groups in total. The average molecular weight is 396 g/mol. The standard InChI is InChI=1S/C22H29N5O2/c1-2-25-9-11-26(12-10-25)18-7-8-20(23-17-18)22(28)24-19-5-3-4-6-21(19)27-13-15-29-16-14-27/h3-8,17H,2,9-16H2,1H3,(H,24,28). The second-order valence-corrected chi connectivity index (χ2v) is 7.39. The average Bonchev–Trinajstić information content (AvgIpc) is 2.80. The van der Waals surface area contributed by atoms with E-state index in [1.165, 1.54) is 0 Å². The summed E-state index contributed by atoms with van der Waals surface area (Å²) < 4.78 is 5.44. The van der Waals surface area contributed by atoms with Crippen molar-refractivity contribution < 1.29 is 9.53 Å². The zero-order chi connectivity index (χ0) is 20.1. The third kappa shape index (κ3) is 4.68. The zero-order valence-electron chi connectivity index (χ0n) is 17.0. The number of hydrogen-bond donors (Lipinski definition) is 1. The van der Waals surface area contributed by atoms with Gasteiger partial charge in [-0.05, 0) is 30.8 Å². The first-order chi connectivity index (χ1) is 14.2. The van der Waals surface area contributed by atoms with E-state index in [0.717, 1.165) is 62.9 Å². The SMILES string of the molecule is CCN1CCN(c2ccc(C(=O)Nc3ccccc3N3CCOCC3)nc2)CC1. The van der Waals surface area contributed by atoms with Crippen molar-refractivity contribution in [3.05, 3.63) is 48.3 Å². The Morgan fingerprint density at radius 2 is 1.76 bits per heavy atom. The van der Waals surface area contributed by atoms with Crippen molar-refractivity contribution in [2.45, 2.75) is 6.92 Å². The molecule has 0 radical (unpaired) electrons. The van der Waals surface area contributed by atoms with E-state index in [0.29, 0.717) is 18.9 Å². The highest BCUT2D eigenvalue weighted by Crippen LogP contribution is 2.27. The van der Waals surface area contributed by atoms with Gasteiger partial charge in [-0.3, -0.25) is 4.79 Å². The number of nitrogens with one attached hydrogen (secondary N) is 1. The van der Waals surface area contributed by atoms with Crippen molar-refractivity contribution in [3.8, 4) is 0 Å². The summed E-state index contributed by atoms with van der Waals surface area (Å²) >= 11 is 0. The van der Waals surface area contributed by atoms with E-state index in [1.807, 2.05) is 42.6 Å². The van der Waals surface area contributed by atoms with Gasteiger partial charge in [-0.25, -0.2) is 4.98 Å². The summed E-state index contributed by atoms with van der Waals surface area (Å²) in [6.45, 7) is 10.5. The third-order valence-corrected chi connectivity index (χ3v) is 5.67. The van der Waals surface area contributed by atoms with Crippen LogP contribution in [0.2, 0.25) is 0 Å². The summed E-state index contributed by atoms with van der Waals surface area (Å²) in [6.07, 6.45) is 1.81. The number of nitrogens with zero attached hydrogens (tertiary/aromatic N) is 4. The molecular formula is C22H29N5O2. The number of pyridine rings is 1. The van der Waals surface area contributed by atoms with Gasteiger partial charge in [0.05, 0.1) is 36.5 Å². The van der Waals surface area contributed by atoms with Crippen LogP contribution in [0.3, 0.4) is 0 Å². The Bertz CT molecular complexity index is 812. The minimum Gasteiger partial charge on any atom is -0.378 e. The van der Waals surface area contributed by atoms with Crippen LogP contribution >= 0.6 is 0 Å². The third-order valence-electron chi connectivity index (χ3n) is 5.67. The van der Waals surface area contributed by atoms with Crippen LogP contribution in [0.5, 0.6) is 0 Å². The van der Waals surface area contributed by atoms with Crippen LogP contribution in [0, 0.1) is 0 Å². The molecule has 0 atom stereocenters. The van der Waals surface area contributed by atoms with Crippen molar-refractivity contribution in [1.29, 1.82) is 0 Å². The van der Waals surface area contributed by atoms with Gasteiger partial charge in [-0.1, -0.05) is 19.1 Å². The lowest BCUT2D eigenvalue weighted by Gasteiger charge is -2.35. The van der Waals surface area contributed by atoms with Crippen LogP contribution in [0.1, 0.15) is 17.4 Å². The molecule has 2 saturated heterocycles. The molecule has 4 rings (SSSR count). The first kappa shape index (κ1) is 19.7. The van der Waals surface area contributed by atoms with Crippen LogP contribution < -0.4 is 15.1 Å². The minimum atomic E-state index is -0.187. The van der Waals surface area contributed by atoms with E-state index in [1.54, 1.807) is 0 Å². The number of morpholine rings is 1. The second-order valence-electron chi connectivity index (χ2n) is 7.39. The molecule has 29 heavy (non-hydrogen) atoms. The number of anilines is 3. The van der Waals surface area contributed by atoms with Gasteiger partial charge in [-0.2, -0.15) is 0 Å². The molecule has 2 fully saturated rings. The van der Waals surface area contributed by atoms with Crippen LogP contribution in [0.25, 0.3) is 0 Å². The molecule has 0 spiro atoms. The molecule has 7 nitrogen and oxygen atoms in total. The van der Waals surface area contributed by atoms with Crippen LogP contribution in [-0.4, -0.2) is 74.8 Å². The number of likely N-dealkylation sites (N-methyl/N-ethyl adjacent to an activating group) is 1. The number of rotatable bonds is 5. The molecule has 2 aromatic rings. The molecular weight excluding hydrogens is 366 g/mol. The van der Waals surface area contributed by atoms with Gasteiger partial charge in [0.15, 0.2) is 0 Å². The number of piperazine rings is 1. The van der Waals surface area contributed by atoms with E-state index in [2.05, 4.69) is 31.9 Å². The zero-order valence-corrected chi connectivity index (χ0v) is 17.0. The highest BCUT2D eigenvalue weighted by atomic mass is 16.5. The Balaban J connectivity index is 1.42. The van der Waals surface area contributed by atoms with Gasteiger partial charge >= 0.3 is 0 Å². The number of para-hydroxylation sites is 2. The molecule has 1 amide bonds. The summed E-state index contributed by atoms with van der Waals surface area (Å²) in [7, 11) is 0. The fourth-order valence-electron chi connectivity index (χ4n) is 3.88. The number of carbonyl (C=O) groups is 1. The van der Waals surface area contributed by atoms with Gasteiger partial charge < -0.3 is 24.8 Å². The molecule has 154 valence electrons. The predicted octanol–water partition coefficient (Wildman–Crippen LogP) is 2.31. The molecule has 0 unspecified atom stereocenters. The van der Waals surface area contributed by atoms with Crippen molar-refractivity contribution in [2.75, 3.05) is 74.1 Å². The van der Waals surface area contributed by atoms with Gasteiger partial charge in [0.25, 0.3) is 5.91 Å². The lowest BCUT2D eigenvalue weighted by atomic mass is 10.2. The van der Waals surface area contributed by atoms with Crippen LogP contribution in [0.15, 0.2) is 42.6 Å². The Labute approximate surface area is 172 Å². The maximum Gasteiger partial charge on any atom is 0.274 e. The summed E-state index contributed by atoms with van der Waals surface area (Å²) in [5.41, 5.74) is 3.33. The minimum absolute atomic E-state index is 0.187. The maximum atomic E-state index is 12.8. The van der Waals surface area contributed by atoms with E-state index >= 15 is 0 Å². The van der Waals surface area contributed by atoms with E-state index < -0.39 is 0 Å². The normalized spacial score (nSPS) is 18.0. The Kier molecular flexibility index (Phi) is 6.27. The fourth-order valence-corrected chi connectivity index (χ4v) is 3.88. The summed E-state index contributed by atoms with van der Waals surface area (Å²) in [5.74, 6) is -0.187. The predicted molar refractivity (Wildman–Crippen MR) is 116 cm³/mol. The number of aromatic nitrogens is 1. The van der Waals surface area contributed by atoms with Gasteiger partial charge in [0.1, 0.15) is 5.69 Å². The summed E-state index contributed by atoms with van der Waals surface area (Å²) in [5, 5.41) is 3.03. The quantitative estimate of drug-likeness (QED) is 0.838. The molecule has 2 aliphatic heterocycles. The summed E-state index contributed by atoms with van der Waals surface area (Å²) in [6, 6.07) is 11.7. The first-order valence-electron chi connectivity index (χ1n) is 10.4. The number of ether oxygens (including phenoxy) is 1. The second kappa shape index (κ2) is 9.24. The number of benzene rings is 1. The highest BCUT2D eigenvalue weighted by molar-refractivity contribution is 6.04. The molecule has 1 aromatic carbocycles. The number of amides is 1. The fraction of sp³-hybridized carbons (Fsp3) is 0.455. The van der Waals surface area contributed by atoms with Crippen molar-refractivity contribution in [1.82, 2.24) is 9.88 Å². The van der Waals surface area contributed by atoms with Crippen LogP contribution in [0.4, 0.5) is 17.1 Å². The van der Waals surface area contributed by atoms with E-state index in [4.69, 9.17) is 4.74 Å². The van der Waals surface area contributed by atoms with Crippen molar-refractivity contribution >= 4 is 23.0 Å². The summed E-state index contributed by atoms with van der Waals surface area (Å²) in [4.78, 5) is 24.2. The largest absolute Gasteiger partial charge is 0.378 e. The van der Waals surface area contributed by atoms with Crippen LogP contribution in [-0.2, 0) is 4.74 Å². The van der Waals surface area contributed by atoms with Crippen molar-refractivity contribution in [2.24, 2.45) is 0 Å². The molecule has 0 bridgehead atoms. The molecule has 7 heteroatoms. The smallest absolute Gasteiger partial charge is 0.274 e. The Morgan fingerprint density at radius 1 is 1.00 bits per heavy atom. The lowest BCUT2D eigenvalue weighted by molar-refractivity contribution is 0.102. The molecule has 0 aliphatic carbocycles. The van der Waals surface area contributed by atoms with Gasteiger partial charge in [0.2, 0.25) is 0 Å². The Hall–Kier alpha value is -2.64. The number of hydrogen-bond acceptors (Lipinski definition) is 6. The topological polar surface area (TPSA) is 60.9 Å². The van der Waals surface area contributed by atoms with Gasteiger partial charge in [0, 0.05) is 39.3 Å². The van der Waals surface area contributed by atoms with Crippen molar-refractivity contribution in [3.63, 3.8) is 0 Å². The lowest BCUT2D eigenvalue weighted by Crippen LogP contribution is -2.46. The van der Waals surface area contributed by atoms with Gasteiger partial charge in [-0.15, -0.1) is 0 Å². The first-order valence-corrected chi connectivity index (χ1v) is 10.4. The Morgan fingerprint density at radius 3 is 2.45 bits per heavy atom. The highest BCUT2D eigenvalue weighted by Gasteiger charge is 2.18. The molecule has 3 heterocycles. The van der Waals surface area contributed by atoms with E-state index in [9.17, 15) is 4.79 Å². The number of carbonyl (C=O) groups excluding carboxylic acids is 1.